The molecular weight excluding hydrogens is 321 g/mol. The minimum Gasteiger partial charge on any atom is -0.457 e. The zero-order chi connectivity index (χ0) is 17.2. The monoisotopic (exact) mass is 332 g/mol. The van der Waals surface area contributed by atoms with Gasteiger partial charge in [-0.25, -0.2) is 0 Å². The van der Waals surface area contributed by atoms with Crippen LogP contribution in [0.25, 0.3) is 11.3 Å². The van der Waals surface area contributed by atoms with Gasteiger partial charge in [0.15, 0.2) is 12.0 Å². The molecule has 0 N–H and O–H groups in total. The van der Waals surface area contributed by atoms with Gasteiger partial charge in [0.2, 0.25) is 0 Å². The van der Waals surface area contributed by atoms with Crippen molar-refractivity contribution >= 4 is 6.29 Å². The zero-order valence-corrected chi connectivity index (χ0v) is 12.2. The van der Waals surface area contributed by atoms with Crippen molar-refractivity contribution < 1.29 is 27.1 Å². The average molecular weight is 332 g/mol. The molecule has 6 heteroatoms. The first-order valence-electron chi connectivity index (χ1n) is 6.96. The molecule has 0 spiro atoms. The molecule has 0 radical (unpaired) electrons. The SMILES string of the molecule is O=Cc1ccc(-c2ccc(Oc3cccc(C(F)(F)F)c3)cc2)o1. The number of halogens is 3. The zero-order valence-electron chi connectivity index (χ0n) is 12.2. The second kappa shape index (κ2) is 6.23. The standard InChI is InChI=1S/C18H11F3O3/c19-18(20,21)13-2-1-3-15(10-13)23-14-6-4-12(5-7-14)17-9-8-16(11-22)24-17/h1-11H. The van der Waals surface area contributed by atoms with Crippen LogP contribution in [0, 0.1) is 0 Å². The molecule has 0 aliphatic heterocycles. The Morgan fingerprint density at radius 3 is 2.29 bits per heavy atom. The molecule has 0 amide bonds. The number of ether oxygens (including phenoxy) is 1. The van der Waals surface area contributed by atoms with Gasteiger partial charge in [-0.2, -0.15) is 13.2 Å². The molecule has 0 aliphatic rings. The fourth-order valence-corrected chi connectivity index (χ4v) is 2.13. The van der Waals surface area contributed by atoms with E-state index in [0.717, 1.165) is 17.7 Å². The molecule has 0 saturated carbocycles. The van der Waals surface area contributed by atoms with Crippen molar-refractivity contribution in [1.29, 1.82) is 0 Å². The molecule has 1 aromatic heterocycles. The second-order valence-corrected chi connectivity index (χ2v) is 4.97. The predicted molar refractivity (Wildman–Crippen MR) is 81.0 cm³/mol. The smallest absolute Gasteiger partial charge is 0.416 e. The highest BCUT2D eigenvalue weighted by molar-refractivity contribution is 5.72. The van der Waals surface area contributed by atoms with Crippen molar-refractivity contribution in [3.63, 3.8) is 0 Å². The number of aldehydes is 1. The van der Waals surface area contributed by atoms with Crippen LogP contribution in [0.15, 0.2) is 65.1 Å². The maximum Gasteiger partial charge on any atom is 0.416 e. The van der Waals surface area contributed by atoms with Crippen LogP contribution in [0.3, 0.4) is 0 Å². The van der Waals surface area contributed by atoms with E-state index in [1.54, 1.807) is 36.4 Å². The molecule has 24 heavy (non-hydrogen) atoms. The van der Waals surface area contributed by atoms with Crippen LogP contribution in [0.2, 0.25) is 0 Å². The van der Waals surface area contributed by atoms with E-state index in [9.17, 15) is 18.0 Å². The maximum absolute atomic E-state index is 12.7. The molecule has 0 unspecified atom stereocenters. The molecule has 0 aliphatic carbocycles. The topological polar surface area (TPSA) is 39.4 Å². The van der Waals surface area contributed by atoms with Crippen molar-refractivity contribution in [2.45, 2.75) is 6.18 Å². The van der Waals surface area contributed by atoms with Crippen LogP contribution in [0.4, 0.5) is 13.2 Å². The van der Waals surface area contributed by atoms with Gasteiger partial charge in [0.05, 0.1) is 5.56 Å². The predicted octanol–water partition coefficient (Wildman–Crippen LogP) is 5.57. The number of carbonyl (C=O) groups excluding carboxylic acids is 1. The highest BCUT2D eigenvalue weighted by atomic mass is 19.4. The normalized spacial score (nSPS) is 11.3. The minimum absolute atomic E-state index is 0.0961. The van der Waals surface area contributed by atoms with Crippen LogP contribution < -0.4 is 4.74 Å². The summed E-state index contributed by atoms with van der Waals surface area (Å²) in [6.07, 6.45) is -3.81. The van der Waals surface area contributed by atoms with Gasteiger partial charge in [0.25, 0.3) is 0 Å². The van der Waals surface area contributed by atoms with E-state index in [-0.39, 0.29) is 11.5 Å². The lowest BCUT2D eigenvalue weighted by Gasteiger charge is -2.10. The summed E-state index contributed by atoms with van der Waals surface area (Å²) >= 11 is 0. The molecule has 0 atom stereocenters. The lowest BCUT2D eigenvalue weighted by atomic mass is 10.1. The first-order valence-corrected chi connectivity index (χ1v) is 6.96. The summed E-state index contributed by atoms with van der Waals surface area (Å²) in [7, 11) is 0. The van der Waals surface area contributed by atoms with Crippen LogP contribution in [-0.2, 0) is 6.18 Å². The summed E-state index contributed by atoms with van der Waals surface area (Å²) in [6.45, 7) is 0. The molecule has 2 aromatic carbocycles. The van der Waals surface area contributed by atoms with Gasteiger partial charge in [0, 0.05) is 5.56 Å². The van der Waals surface area contributed by atoms with E-state index >= 15 is 0 Å². The van der Waals surface area contributed by atoms with E-state index < -0.39 is 11.7 Å². The molecular formula is C18H11F3O3. The molecule has 3 aromatic rings. The summed E-state index contributed by atoms with van der Waals surface area (Å²) in [5, 5.41) is 0. The lowest BCUT2D eigenvalue weighted by Crippen LogP contribution is -2.04. The minimum atomic E-state index is -4.42. The van der Waals surface area contributed by atoms with Crippen molar-refractivity contribution in [1.82, 2.24) is 0 Å². The van der Waals surface area contributed by atoms with Gasteiger partial charge in [0.1, 0.15) is 17.3 Å². The Bertz CT molecular complexity index is 848. The van der Waals surface area contributed by atoms with Crippen molar-refractivity contribution in [3.8, 4) is 22.8 Å². The maximum atomic E-state index is 12.7. The van der Waals surface area contributed by atoms with E-state index in [2.05, 4.69) is 0 Å². The summed E-state index contributed by atoms with van der Waals surface area (Å²) in [5.74, 6) is 1.22. The highest BCUT2D eigenvalue weighted by Crippen LogP contribution is 2.33. The Kier molecular flexibility index (Phi) is 4.12. The third-order valence-electron chi connectivity index (χ3n) is 3.28. The Hall–Kier alpha value is -3.02. The third-order valence-corrected chi connectivity index (χ3v) is 3.28. The summed E-state index contributed by atoms with van der Waals surface area (Å²) < 4.78 is 48.8. The number of carbonyl (C=O) groups is 1. The number of hydrogen-bond donors (Lipinski definition) is 0. The average Bonchev–Trinajstić information content (AvgIpc) is 3.04. The van der Waals surface area contributed by atoms with Crippen LogP contribution >= 0.6 is 0 Å². The fourth-order valence-electron chi connectivity index (χ4n) is 2.13. The molecule has 0 saturated heterocycles. The number of rotatable bonds is 4. The molecule has 3 nitrogen and oxygen atoms in total. The van der Waals surface area contributed by atoms with Gasteiger partial charge in [-0.1, -0.05) is 6.07 Å². The Morgan fingerprint density at radius 2 is 1.67 bits per heavy atom. The highest BCUT2D eigenvalue weighted by Gasteiger charge is 2.30. The van der Waals surface area contributed by atoms with Crippen LogP contribution in [-0.4, -0.2) is 6.29 Å². The van der Waals surface area contributed by atoms with Gasteiger partial charge in [-0.05, 0) is 54.6 Å². The fraction of sp³-hybridized carbons (Fsp3) is 0.0556. The first kappa shape index (κ1) is 15.9. The Labute approximate surface area is 135 Å². The first-order chi connectivity index (χ1) is 11.5. The van der Waals surface area contributed by atoms with Crippen molar-refractivity contribution in [2.24, 2.45) is 0 Å². The van der Waals surface area contributed by atoms with Gasteiger partial charge >= 0.3 is 6.18 Å². The van der Waals surface area contributed by atoms with Crippen LogP contribution in [0.1, 0.15) is 16.1 Å². The lowest BCUT2D eigenvalue weighted by molar-refractivity contribution is -0.137. The number of furan rings is 1. The quantitative estimate of drug-likeness (QED) is 0.586. The van der Waals surface area contributed by atoms with Crippen molar-refractivity contribution in [3.05, 3.63) is 72.0 Å². The Morgan fingerprint density at radius 1 is 0.917 bits per heavy atom. The number of hydrogen-bond acceptors (Lipinski definition) is 3. The molecule has 0 bridgehead atoms. The van der Waals surface area contributed by atoms with Crippen LogP contribution in [0.5, 0.6) is 11.5 Å². The molecule has 0 fully saturated rings. The summed E-state index contributed by atoms with van der Waals surface area (Å²) in [6, 6.07) is 14.5. The Balaban J connectivity index is 1.78. The van der Waals surface area contributed by atoms with E-state index in [0.29, 0.717) is 17.8 Å². The van der Waals surface area contributed by atoms with Gasteiger partial charge < -0.3 is 9.15 Å². The van der Waals surface area contributed by atoms with Gasteiger partial charge in [-0.3, -0.25) is 4.79 Å². The molecule has 122 valence electrons. The summed E-state index contributed by atoms with van der Waals surface area (Å²) in [4.78, 5) is 10.6. The molecule has 1 heterocycles. The number of alkyl halides is 3. The largest absolute Gasteiger partial charge is 0.457 e. The van der Waals surface area contributed by atoms with Gasteiger partial charge in [-0.15, -0.1) is 0 Å². The van der Waals surface area contributed by atoms with E-state index in [4.69, 9.17) is 9.15 Å². The summed E-state index contributed by atoms with van der Waals surface area (Å²) in [5.41, 5.74) is -0.0481. The third kappa shape index (κ3) is 3.48. The van der Waals surface area contributed by atoms with Crippen molar-refractivity contribution in [2.75, 3.05) is 0 Å². The van der Waals surface area contributed by atoms with E-state index in [1.165, 1.54) is 12.1 Å². The van der Waals surface area contributed by atoms with E-state index in [1.807, 2.05) is 0 Å². The molecule has 3 rings (SSSR count). The second-order valence-electron chi connectivity index (χ2n) is 4.97. The number of benzene rings is 2.